The molecule has 2 aromatic heterocycles. The molecule has 0 amide bonds. The maximum atomic E-state index is 12.1. The molecule has 0 aliphatic heterocycles. The summed E-state index contributed by atoms with van der Waals surface area (Å²) in [5, 5.41) is 12.8. The van der Waals surface area contributed by atoms with Gasteiger partial charge in [-0.2, -0.15) is 10.4 Å². The van der Waals surface area contributed by atoms with E-state index in [0.717, 1.165) is 0 Å². The molecule has 3 N–H and O–H groups in total. The Kier molecular flexibility index (Phi) is 3.69. The first kappa shape index (κ1) is 14.0. The van der Waals surface area contributed by atoms with Crippen molar-refractivity contribution in [3.05, 3.63) is 35.8 Å². The molecule has 20 heavy (non-hydrogen) atoms. The van der Waals surface area contributed by atoms with Crippen molar-refractivity contribution >= 4 is 15.8 Å². The summed E-state index contributed by atoms with van der Waals surface area (Å²) in [6, 6.07) is 4.52. The Bertz CT molecular complexity index is 774. The number of aromatic nitrogens is 3. The van der Waals surface area contributed by atoms with E-state index in [0.29, 0.717) is 11.4 Å². The Balaban J connectivity index is 2.24. The zero-order valence-electron chi connectivity index (χ0n) is 10.6. The highest BCUT2D eigenvalue weighted by molar-refractivity contribution is 7.89. The van der Waals surface area contributed by atoms with Gasteiger partial charge in [-0.15, -0.1) is 0 Å². The van der Waals surface area contributed by atoms with Gasteiger partial charge in [-0.25, -0.2) is 18.1 Å². The predicted octanol–water partition coefficient (Wildman–Crippen LogP) is -0.253. The molecule has 0 saturated carbocycles. The molecule has 0 aliphatic carbocycles. The topological polar surface area (TPSA) is 127 Å². The highest BCUT2D eigenvalue weighted by atomic mass is 32.2. The fourth-order valence-electron chi connectivity index (χ4n) is 1.57. The lowest BCUT2D eigenvalue weighted by molar-refractivity contribution is 0.580. The van der Waals surface area contributed by atoms with Crippen molar-refractivity contribution < 1.29 is 8.42 Å². The molecule has 0 aliphatic rings. The van der Waals surface area contributed by atoms with Crippen LogP contribution in [0.25, 0.3) is 0 Å². The van der Waals surface area contributed by atoms with Crippen molar-refractivity contribution in [1.29, 1.82) is 5.26 Å². The molecule has 0 fully saturated rings. The van der Waals surface area contributed by atoms with Gasteiger partial charge in [0.05, 0.1) is 6.20 Å². The van der Waals surface area contributed by atoms with E-state index in [1.807, 2.05) is 0 Å². The van der Waals surface area contributed by atoms with Crippen LogP contribution in [0.5, 0.6) is 0 Å². The maximum Gasteiger partial charge on any atom is 0.243 e. The summed E-state index contributed by atoms with van der Waals surface area (Å²) < 4.78 is 28.1. The highest BCUT2D eigenvalue weighted by Crippen LogP contribution is 2.14. The van der Waals surface area contributed by atoms with E-state index >= 15 is 0 Å². The number of hydrogen-bond donors (Lipinski definition) is 2. The van der Waals surface area contributed by atoms with E-state index < -0.39 is 10.0 Å². The van der Waals surface area contributed by atoms with Gasteiger partial charge in [0.15, 0.2) is 5.69 Å². The Morgan fingerprint density at radius 1 is 1.55 bits per heavy atom. The number of nitriles is 1. The van der Waals surface area contributed by atoms with Crippen LogP contribution in [0.15, 0.2) is 29.4 Å². The predicted molar refractivity (Wildman–Crippen MR) is 70.6 cm³/mol. The fourth-order valence-corrected chi connectivity index (χ4v) is 2.68. The van der Waals surface area contributed by atoms with Gasteiger partial charge in [0.1, 0.15) is 16.8 Å². The van der Waals surface area contributed by atoms with E-state index in [1.54, 1.807) is 13.1 Å². The Labute approximate surface area is 115 Å². The molecule has 0 unspecified atom stereocenters. The molecule has 104 valence electrons. The van der Waals surface area contributed by atoms with E-state index in [2.05, 4.69) is 14.8 Å². The molecule has 2 aromatic rings. The number of aryl methyl sites for hydroxylation is 1. The maximum absolute atomic E-state index is 12.1. The lowest BCUT2D eigenvalue weighted by Crippen LogP contribution is -2.24. The normalized spacial score (nSPS) is 11.2. The van der Waals surface area contributed by atoms with Crippen LogP contribution in [0.2, 0.25) is 0 Å². The monoisotopic (exact) mass is 292 g/mol. The minimum atomic E-state index is -3.84. The van der Waals surface area contributed by atoms with Crippen LogP contribution in [-0.2, 0) is 23.6 Å². The van der Waals surface area contributed by atoms with Gasteiger partial charge in [-0.05, 0) is 12.1 Å². The summed E-state index contributed by atoms with van der Waals surface area (Å²) in [5.41, 5.74) is 6.13. The Morgan fingerprint density at radius 3 is 2.90 bits per heavy atom. The highest BCUT2D eigenvalue weighted by Gasteiger charge is 2.19. The quantitative estimate of drug-likeness (QED) is 0.799. The van der Waals surface area contributed by atoms with E-state index in [-0.39, 0.29) is 17.1 Å². The van der Waals surface area contributed by atoms with Gasteiger partial charge in [0, 0.05) is 25.4 Å². The third-order valence-corrected chi connectivity index (χ3v) is 4.12. The second-order valence-corrected chi connectivity index (χ2v) is 5.70. The fraction of sp³-hybridized carbons (Fsp3) is 0.182. The van der Waals surface area contributed by atoms with Crippen LogP contribution in [0.1, 0.15) is 11.3 Å². The Morgan fingerprint density at radius 2 is 2.30 bits per heavy atom. The largest absolute Gasteiger partial charge is 0.384 e. The van der Waals surface area contributed by atoms with Gasteiger partial charge >= 0.3 is 0 Å². The number of hydrogen-bond acceptors (Lipinski definition) is 6. The second kappa shape index (κ2) is 5.28. The van der Waals surface area contributed by atoms with E-state index in [9.17, 15) is 8.42 Å². The van der Waals surface area contributed by atoms with Crippen molar-refractivity contribution in [2.45, 2.75) is 11.4 Å². The Hall–Kier alpha value is -2.44. The van der Waals surface area contributed by atoms with Gasteiger partial charge in [-0.1, -0.05) is 0 Å². The summed E-state index contributed by atoms with van der Waals surface area (Å²) in [4.78, 5) is 3.56. The molecule has 0 radical (unpaired) electrons. The van der Waals surface area contributed by atoms with Crippen LogP contribution in [0.4, 0.5) is 5.82 Å². The van der Waals surface area contributed by atoms with Crippen LogP contribution < -0.4 is 10.5 Å². The number of nitrogens with two attached hydrogens (primary N) is 1. The average molecular weight is 292 g/mol. The van der Waals surface area contributed by atoms with Crippen molar-refractivity contribution in [2.75, 3.05) is 5.73 Å². The average Bonchev–Trinajstić information content (AvgIpc) is 2.76. The molecule has 0 spiro atoms. The first-order chi connectivity index (χ1) is 9.45. The van der Waals surface area contributed by atoms with Crippen LogP contribution >= 0.6 is 0 Å². The molecular formula is C11H12N6O2S. The SMILES string of the molecule is Cn1ncc(CNS(=O)(=O)c2cccnc2C#N)c1N. The van der Waals surface area contributed by atoms with Gasteiger partial charge in [0.2, 0.25) is 10.0 Å². The summed E-state index contributed by atoms with van der Waals surface area (Å²) in [5.74, 6) is 0.374. The van der Waals surface area contributed by atoms with Gasteiger partial charge < -0.3 is 5.73 Å². The van der Waals surface area contributed by atoms with E-state index in [4.69, 9.17) is 11.0 Å². The third-order valence-electron chi connectivity index (χ3n) is 2.68. The first-order valence-corrected chi connectivity index (χ1v) is 7.05. The number of rotatable bonds is 4. The molecule has 9 heteroatoms. The number of sulfonamides is 1. The van der Waals surface area contributed by atoms with E-state index in [1.165, 1.54) is 29.2 Å². The van der Waals surface area contributed by atoms with Crippen LogP contribution in [0.3, 0.4) is 0 Å². The lowest BCUT2D eigenvalue weighted by Gasteiger charge is -2.07. The molecule has 0 atom stereocenters. The molecule has 0 aromatic carbocycles. The number of nitrogens with zero attached hydrogens (tertiary/aromatic N) is 4. The molecular weight excluding hydrogens is 280 g/mol. The minimum Gasteiger partial charge on any atom is -0.384 e. The summed E-state index contributed by atoms with van der Waals surface area (Å²) in [6.07, 6.45) is 2.84. The molecule has 0 bridgehead atoms. The summed E-state index contributed by atoms with van der Waals surface area (Å²) >= 11 is 0. The smallest absolute Gasteiger partial charge is 0.243 e. The van der Waals surface area contributed by atoms with Gasteiger partial charge in [0.25, 0.3) is 0 Å². The molecule has 8 nitrogen and oxygen atoms in total. The second-order valence-electron chi connectivity index (χ2n) is 3.97. The van der Waals surface area contributed by atoms with Crippen LogP contribution in [0, 0.1) is 11.3 Å². The van der Waals surface area contributed by atoms with Crippen LogP contribution in [-0.4, -0.2) is 23.2 Å². The number of anilines is 1. The standard InChI is InChI=1S/C11H12N6O2S/c1-17-11(13)8(6-15-17)7-16-20(18,19)10-3-2-4-14-9(10)5-12/h2-4,6,16H,7,13H2,1H3. The van der Waals surface area contributed by atoms with Crippen molar-refractivity contribution in [2.24, 2.45) is 7.05 Å². The van der Waals surface area contributed by atoms with Crippen molar-refractivity contribution in [3.8, 4) is 6.07 Å². The van der Waals surface area contributed by atoms with Crippen molar-refractivity contribution in [1.82, 2.24) is 19.5 Å². The molecule has 2 rings (SSSR count). The number of nitrogen functional groups attached to an aromatic ring is 1. The number of pyridine rings is 1. The number of nitrogens with one attached hydrogen (secondary N) is 1. The molecule has 0 saturated heterocycles. The third kappa shape index (κ3) is 2.61. The first-order valence-electron chi connectivity index (χ1n) is 5.57. The zero-order valence-corrected chi connectivity index (χ0v) is 11.4. The van der Waals surface area contributed by atoms with Crippen molar-refractivity contribution in [3.63, 3.8) is 0 Å². The zero-order chi connectivity index (χ0) is 14.8. The minimum absolute atomic E-state index is 0.0121. The summed E-state index contributed by atoms with van der Waals surface area (Å²) in [6.45, 7) is -0.0121. The van der Waals surface area contributed by atoms with Gasteiger partial charge in [-0.3, -0.25) is 4.68 Å². The summed E-state index contributed by atoms with van der Waals surface area (Å²) in [7, 11) is -2.18. The molecule has 2 heterocycles. The lowest BCUT2D eigenvalue weighted by atomic mass is 10.3.